The van der Waals surface area contributed by atoms with Crippen LogP contribution in [0.4, 0.5) is 0 Å². The van der Waals surface area contributed by atoms with Crippen LogP contribution in [0.3, 0.4) is 0 Å². The Bertz CT molecular complexity index is 2350. The molecule has 0 spiro atoms. The van der Waals surface area contributed by atoms with E-state index in [2.05, 4.69) is 47.5 Å². The molecule has 1 aromatic heterocycles. The number of carbonyl (C=O) groups is 11. The number of para-hydroxylation sites is 1. The summed E-state index contributed by atoms with van der Waals surface area (Å²) in [6.07, 6.45) is 2.37. The average molecular weight is 1120 g/mol. The Morgan fingerprint density at radius 3 is 1.27 bits per heavy atom. The first-order valence-corrected chi connectivity index (χ1v) is 26.8. The number of fused-ring (bicyclic) bond motifs is 1. The first-order valence-electron chi connectivity index (χ1n) is 26.8. The molecule has 28 heteroatoms. The lowest BCUT2D eigenvalue weighted by Gasteiger charge is -2.28. The Labute approximate surface area is 459 Å². The second-order valence-corrected chi connectivity index (χ2v) is 19.9. The molecule has 9 atom stereocenters. The van der Waals surface area contributed by atoms with Crippen molar-refractivity contribution in [1.29, 1.82) is 0 Å². The second-order valence-electron chi connectivity index (χ2n) is 19.9. The number of carbonyl (C=O) groups excluding carboxylic acids is 11. The number of primary amides is 3. The number of rotatable bonds is 40. The lowest BCUT2D eigenvalue weighted by Crippen LogP contribution is -2.61. The number of aliphatic hydroxyl groups is 1. The number of nitrogens with two attached hydrogens (primary N) is 7. The van der Waals surface area contributed by atoms with Crippen molar-refractivity contribution in [1.82, 2.24) is 47.5 Å². The van der Waals surface area contributed by atoms with Gasteiger partial charge in [0, 0.05) is 36.4 Å². The molecular formula is C51H86N16O12. The maximum absolute atomic E-state index is 14.4. The quantitative estimate of drug-likeness (QED) is 0.0279. The minimum absolute atomic E-state index is 0.0129. The molecule has 11 amide bonds. The van der Waals surface area contributed by atoms with Gasteiger partial charge in [-0.1, -0.05) is 32.0 Å². The zero-order chi connectivity index (χ0) is 59.2. The fraction of sp³-hybridized carbons (Fsp3) is 0.627. The average Bonchev–Trinajstić information content (AvgIpc) is 3.82. The standard InChI is InChI=1S/C51H86N16O12/c1-28(2)24-38(65-44(72)29(3)55)49(77)67-40(27-68)51(79)63-35(15-7-10-22-53)45(73)61-34(14-6-9-21-52)46(74)64-37(18-20-42(57)70)48(76)62-36(16-8-11-23-54)47(75)66-39(25-30-26-59-32-13-5-4-12-31(30)32)50(78)60-33(43(58)71)17-19-41(56)69/h4-5,12-13,26,28-29,33-40,59,68H,6-11,14-25,27,52-55H2,1-3H3,(H2,56,69)(H2,57,70)(H2,58,71)(H,60,78)(H,61,73)(H,62,76)(H,63,79)(H,64,74)(H,65,72)(H,66,75)(H,67,77)/t29-,33-,34-,35-,36-,37-,38-,39-,40-/m0/s1. The van der Waals surface area contributed by atoms with E-state index in [4.69, 9.17) is 40.1 Å². The number of H-pyrrole nitrogens is 1. The molecule has 0 unspecified atom stereocenters. The van der Waals surface area contributed by atoms with E-state index >= 15 is 0 Å². The molecule has 0 saturated carbocycles. The number of aromatic amines is 1. The topological polar surface area (TPSA) is 502 Å². The van der Waals surface area contributed by atoms with Gasteiger partial charge in [0.1, 0.15) is 48.3 Å². The summed E-state index contributed by atoms with van der Waals surface area (Å²) in [5.41, 5.74) is 40.6. The van der Waals surface area contributed by atoms with Crippen LogP contribution in [0.15, 0.2) is 30.5 Å². The van der Waals surface area contributed by atoms with Crippen molar-refractivity contribution in [3.05, 3.63) is 36.0 Å². The van der Waals surface area contributed by atoms with Crippen LogP contribution in [0.5, 0.6) is 0 Å². The summed E-state index contributed by atoms with van der Waals surface area (Å²) < 4.78 is 0. The van der Waals surface area contributed by atoms with Crippen molar-refractivity contribution >= 4 is 75.9 Å². The Morgan fingerprint density at radius 2 is 0.848 bits per heavy atom. The summed E-state index contributed by atoms with van der Waals surface area (Å²) in [6.45, 7) is 4.79. The van der Waals surface area contributed by atoms with Crippen molar-refractivity contribution in [2.24, 2.45) is 46.1 Å². The number of aromatic nitrogens is 1. The number of hydrogen-bond acceptors (Lipinski definition) is 16. The van der Waals surface area contributed by atoms with E-state index < -0.39 is 132 Å². The van der Waals surface area contributed by atoms with Gasteiger partial charge >= 0.3 is 0 Å². The first kappa shape index (κ1) is 67.8. The minimum atomic E-state index is -1.59. The van der Waals surface area contributed by atoms with E-state index in [9.17, 15) is 57.8 Å². The number of hydrogen-bond donors (Lipinski definition) is 17. The maximum Gasteiger partial charge on any atom is 0.245 e. The monoisotopic (exact) mass is 1110 g/mol. The molecule has 0 bridgehead atoms. The predicted molar refractivity (Wildman–Crippen MR) is 292 cm³/mol. The van der Waals surface area contributed by atoms with Gasteiger partial charge in [-0.05, 0) is 121 Å². The molecule has 1 aromatic carbocycles. The third-order valence-electron chi connectivity index (χ3n) is 12.7. The van der Waals surface area contributed by atoms with Gasteiger partial charge < -0.3 is 92.8 Å². The zero-order valence-corrected chi connectivity index (χ0v) is 45.6. The van der Waals surface area contributed by atoms with Crippen LogP contribution >= 0.6 is 0 Å². The van der Waals surface area contributed by atoms with Crippen LogP contribution < -0.4 is 82.7 Å². The summed E-state index contributed by atoms with van der Waals surface area (Å²) in [6, 6.07) is -4.97. The van der Waals surface area contributed by atoms with Crippen molar-refractivity contribution in [3.63, 3.8) is 0 Å². The summed E-state index contributed by atoms with van der Waals surface area (Å²) in [7, 11) is 0. The molecule has 2 aromatic rings. The van der Waals surface area contributed by atoms with Gasteiger partial charge in [-0.15, -0.1) is 0 Å². The van der Waals surface area contributed by atoms with Gasteiger partial charge in [0.2, 0.25) is 65.0 Å². The van der Waals surface area contributed by atoms with Crippen LogP contribution in [-0.4, -0.2) is 156 Å². The lowest BCUT2D eigenvalue weighted by molar-refractivity contribution is -0.136. The largest absolute Gasteiger partial charge is 0.394 e. The lowest BCUT2D eigenvalue weighted by atomic mass is 10.0. The number of amides is 11. The minimum Gasteiger partial charge on any atom is -0.394 e. The highest BCUT2D eigenvalue weighted by molar-refractivity contribution is 5.99. The maximum atomic E-state index is 14.4. The molecule has 28 nitrogen and oxygen atoms in total. The molecule has 0 saturated heterocycles. The normalized spacial score (nSPS) is 14.6. The summed E-state index contributed by atoms with van der Waals surface area (Å²) in [5, 5.41) is 31.5. The highest BCUT2D eigenvalue weighted by Crippen LogP contribution is 2.20. The molecule has 0 aliphatic carbocycles. The summed E-state index contributed by atoms with van der Waals surface area (Å²) >= 11 is 0. The van der Waals surface area contributed by atoms with Crippen LogP contribution in [0.25, 0.3) is 10.9 Å². The smallest absolute Gasteiger partial charge is 0.245 e. The number of aliphatic hydroxyl groups excluding tert-OH is 1. The van der Waals surface area contributed by atoms with E-state index in [0.29, 0.717) is 36.6 Å². The third kappa shape index (κ3) is 24.9. The molecule has 1 heterocycles. The fourth-order valence-electron chi connectivity index (χ4n) is 8.25. The highest BCUT2D eigenvalue weighted by atomic mass is 16.3. The van der Waals surface area contributed by atoms with Gasteiger partial charge in [-0.25, -0.2) is 0 Å². The van der Waals surface area contributed by atoms with Crippen molar-refractivity contribution in [2.45, 2.75) is 171 Å². The summed E-state index contributed by atoms with van der Waals surface area (Å²) in [5.74, 6) is -9.48. The van der Waals surface area contributed by atoms with E-state index in [1.165, 1.54) is 6.92 Å². The van der Waals surface area contributed by atoms with E-state index in [-0.39, 0.29) is 89.8 Å². The third-order valence-corrected chi connectivity index (χ3v) is 12.7. The first-order chi connectivity index (χ1) is 37.5. The van der Waals surface area contributed by atoms with E-state index in [0.717, 1.165) is 5.52 Å². The molecule has 24 N–H and O–H groups in total. The van der Waals surface area contributed by atoms with Gasteiger partial charge in [0.25, 0.3) is 0 Å². The molecule has 2 rings (SSSR count). The molecule has 79 heavy (non-hydrogen) atoms. The molecule has 0 fully saturated rings. The SMILES string of the molecule is CC(C)C[C@H](NC(=O)[C@H](C)N)C(=O)N[C@@H](CO)C(=O)N[C@@H](CCCCN)C(=O)N[C@@H](CCCCN)C(=O)N[C@@H](CCC(N)=O)C(=O)N[C@@H](CCCCN)C(=O)N[C@@H](Cc1c[nH]c2ccccc12)C(=O)N[C@@H](CCC(N)=O)C(N)=O. The predicted octanol–water partition coefficient (Wildman–Crippen LogP) is -4.62. The molecular weight excluding hydrogens is 1030 g/mol. The molecule has 0 aliphatic heterocycles. The van der Waals surface area contributed by atoms with Crippen LogP contribution in [0.2, 0.25) is 0 Å². The van der Waals surface area contributed by atoms with Gasteiger partial charge in [0.05, 0.1) is 12.6 Å². The fourth-order valence-corrected chi connectivity index (χ4v) is 8.25. The zero-order valence-electron chi connectivity index (χ0n) is 45.6. The number of benzene rings is 1. The van der Waals surface area contributed by atoms with E-state index in [1.54, 1.807) is 44.3 Å². The van der Waals surface area contributed by atoms with Gasteiger partial charge in [-0.2, -0.15) is 0 Å². The van der Waals surface area contributed by atoms with Crippen LogP contribution in [0.1, 0.15) is 116 Å². The molecule has 0 radical (unpaired) electrons. The Kier molecular flexibility index (Phi) is 30.9. The van der Waals surface area contributed by atoms with Crippen LogP contribution in [0, 0.1) is 5.92 Å². The Morgan fingerprint density at radius 1 is 0.481 bits per heavy atom. The highest BCUT2D eigenvalue weighted by Gasteiger charge is 2.35. The number of unbranched alkanes of at least 4 members (excludes halogenated alkanes) is 3. The van der Waals surface area contributed by atoms with Gasteiger partial charge in [0.15, 0.2) is 0 Å². The van der Waals surface area contributed by atoms with Crippen molar-refractivity contribution in [2.75, 3.05) is 26.2 Å². The second kappa shape index (κ2) is 36.0. The molecule has 442 valence electrons. The number of nitrogens with one attached hydrogen (secondary N) is 9. The van der Waals surface area contributed by atoms with Crippen LogP contribution in [-0.2, 0) is 59.2 Å². The van der Waals surface area contributed by atoms with Crippen molar-refractivity contribution < 1.29 is 57.8 Å². The summed E-state index contributed by atoms with van der Waals surface area (Å²) in [4.78, 5) is 150. The Balaban J connectivity index is 2.49. The Hall–Kier alpha value is -7.27. The molecule has 0 aliphatic rings. The van der Waals surface area contributed by atoms with Gasteiger partial charge in [-0.3, -0.25) is 52.7 Å². The van der Waals surface area contributed by atoms with E-state index in [1.807, 2.05) is 0 Å². The van der Waals surface area contributed by atoms with Crippen molar-refractivity contribution in [3.8, 4) is 0 Å².